The molecule has 0 aliphatic heterocycles. The molecule has 1 atom stereocenters. The van der Waals surface area contributed by atoms with E-state index in [0.29, 0.717) is 0 Å². The highest BCUT2D eigenvalue weighted by Gasteiger charge is 2.04. The van der Waals surface area contributed by atoms with E-state index in [1.807, 2.05) is 25.1 Å². The van der Waals surface area contributed by atoms with Gasteiger partial charge in [-0.3, -0.25) is 0 Å². The van der Waals surface area contributed by atoms with Crippen LogP contribution in [-0.4, -0.2) is 26.8 Å². The van der Waals surface area contributed by atoms with Gasteiger partial charge in [-0.2, -0.15) is 0 Å². The van der Waals surface area contributed by atoms with Crippen LogP contribution >= 0.6 is 0 Å². The minimum absolute atomic E-state index is 0.236. The van der Waals surface area contributed by atoms with Gasteiger partial charge in [-0.05, 0) is 26.0 Å². The Morgan fingerprint density at radius 3 is 2.65 bits per heavy atom. The molecule has 0 amide bonds. The number of nitrogens with two attached hydrogens (primary N) is 1. The van der Waals surface area contributed by atoms with Gasteiger partial charge in [-0.1, -0.05) is 6.07 Å². The molecule has 1 aromatic rings. The molecule has 0 fully saturated rings. The molecular formula is C13H22N2O2. The molecule has 1 rings (SSSR count). The first-order valence-electron chi connectivity index (χ1n) is 5.84. The molecule has 1 unspecified atom stereocenters. The predicted molar refractivity (Wildman–Crippen MR) is 69.5 cm³/mol. The molecule has 0 aliphatic carbocycles. The smallest absolute Gasteiger partial charge is 0.127 e. The summed E-state index contributed by atoms with van der Waals surface area (Å²) in [7, 11) is 3.32. The summed E-state index contributed by atoms with van der Waals surface area (Å²) >= 11 is 0. The zero-order chi connectivity index (χ0) is 12.7. The number of benzene rings is 1. The van der Waals surface area contributed by atoms with Gasteiger partial charge < -0.3 is 20.5 Å². The van der Waals surface area contributed by atoms with Gasteiger partial charge in [-0.15, -0.1) is 0 Å². The van der Waals surface area contributed by atoms with Crippen LogP contribution in [0, 0.1) is 0 Å². The van der Waals surface area contributed by atoms with Crippen LogP contribution in [0.2, 0.25) is 0 Å². The first kappa shape index (κ1) is 13.8. The highest BCUT2D eigenvalue weighted by atomic mass is 16.5. The SMILES string of the molecule is COc1ccc(CNCCC(C)N)c(OC)c1. The molecule has 0 saturated heterocycles. The van der Waals surface area contributed by atoms with Crippen molar-refractivity contribution in [2.75, 3.05) is 20.8 Å². The lowest BCUT2D eigenvalue weighted by molar-refractivity contribution is 0.389. The lowest BCUT2D eigenvalue weighted by Crippen LogP contribution is -2.23. The fourth-order valence-corrected chi connectivity index (χ4v) is 1.55. The molecule has 4 heteroatoms. The maximum Gasteiger partial charge on any atom is 0.127 e. The van der Waals surface area contributed by atoms with E-state index in [0.717, 1.165) is 36.6 Å². The Kier molecular flexibility index (Phi) is 5.80. The molecule has 0 spiro atoms. The molecule has 4 nitrogen and oxygen atoms in total. The summed E-state index contributed by atoms with van der Waals surface area (Å²) in [6.45, 7) is 3.70. The van der Waals surface area contributed by atoms with Crippen molar-refractivity contribution in [3.8, 4) is 11.5 Å². The summed E-state index contributed by atoms with van der Waals surface area (Å²) in [5.41, 5.74) is 6.81. The largest absolute Gasteiger partial charge is 0.497 e. The van der Waals surface area contributed by atoms with Crippen molar-refractivity contribution in [1.29, 1.82) is 0 Å². The van der Waals surface area contributed by atoms with Gasteiger partial charge in [0.15, 0.2) is 0 Å². The lowest BCUT2D eigenvalue weighted by atomic mass is 10.2. The predicted octanol–water partition coefficient (Wildman–Crippen LogP) is 1.53. The van der Waals surface area contributed by atoms with Crippen molar-refractivity contribution in [2.45, 2.75) is 25.9 Å². The van der Waals surface area contributed by atoms with Gasteiger partial charge in [0, 0.05) is 24.2 Å². The molecule has 1 aromatic carbocycles. The molecule has 0 aliphatic rings. The third-order valence-electron chi connectivity index (χ3n) is 2.59. The Labute approximate surface area is 103 Å². The number of ether oxygens (including phenoxy) is 2. The number of hydrogen-bond donors (Lipinski definition) is 2. The standard InChI is InChI=1S/C13H22N2O2/c1-10(14)6-7-15-9-11-4-5-12(16-2)8-13(11)17-3/h4-5,8,10,15H,6-7,9,14H2,1-3H3. The molecular weight excluding hydrogens is 216 g/mol. The molecule has 96 valence electrons. The average Bonchev–Trinajstić information content (AvgIpc) is 2.34. The van der Waals surface area contributed by atoms with E-state index < -0.39 is 0 Å². The van der Waals surface area contributed by atoms with Crippen LogP contribution in [0.15, 0.2) is 18.2 Å². The molecule has 3 N–H and O–H groups in total. The molecule has 17 heavy (non-hydrogen) atoms. The van der Waals surface area contributed by atoms with Gasteiger partial charge >= 0.3 is 0 Å². The minimum Gasteiger partial charge on any atom is -0.497 e. The van der Waals surface area contributed by atoms with Crippen molar-refractivity contribution in [1.82, 2.24) is 5.32 Å². The molecule has 0 heterocycles. The number of rotatable bonds is 7. The van der Waals surface area contributed by atoms with Crippen LogP contribution in [0.1, 0.15) is 18.9 Å². The number of nitrogens with one attached hydrogen (secondary N) is 1. The van der Waals surface area contributed by atoms with Crippen molar-refractivity contribution < 1.29 is 9.47 Å². The van der Waals surface area contributed by atoms with E-state index in [4.69, 9.17) is 15.2 Å². The first-order chi connectivity index (χ1) is 8.17. The highest BCUT2D eigenvalue weighted by Crippen LogP contribution is 2.24. The van der Waals surface area contributed by atoms with Crippen LogP contribution < -0.4 is 20.5 Å². The fourth-order valence-electron chi connectivity index (χ4n) is 1.55. The monoisotopic (exact) mass is 238 g/mol. The third-order valence-corrected chi connectivity index (χ3v) is 2.59. The maximum atomic E-state index is 5.68. The van der Waals surface area contributed by atoms with Crippen molar-refractivity contribution in [2.24, 2.45) is 5.73 Å². The summed E-state index contributed by atoms with van der Waals surface area (Å²) in [6, 6.07) is 6.07. The second-order valence-electron chi connectivity index (χ2n) is 4.12. The zero-order valence-electron chi connectivity index (χ0n) is 10.8. The Morgan fingerprint density at radius 1 is 1.29 bits per heavy atom. The zero-order valence-corrected chi connectivity index (χ0v) is 10.8. The molecule has 0 saturated carbocycles. The molecule has 0 bridgehead atoms. The van der Waals surface area contributed by atoms with Gasteiger partial charge in [0.05, 0.1) is 14.2 Å². The summed E-state index contributed by atoms with van der Waals surface area (Å²) in [4.78, 5) is 0. The van der Waals surface area contributed by atoms with E-state index in [1.165, 1.54) is 0 Å². The Balaban J connectivity index is 2.52. The van der Waals surface area contributed by atoms with Gasteiger partial charge in [0.1, 0.15) is 11.5 Å². The summed E-state index contributed by atoms with van der Waals surface area (Å²) in [5, 5.41) is 3.34. The molecule has 0 radical (unpaired) electrons. The normalized spacial score (nSPS) is 12.2. The van der Waals surface area contributed by atoms with Crippen LogP contribution in [0.5, 0.6) is 11.5 Å². The van der Waals surface area contributed by atoms with E-state index >= 15 is 0 Å². The molecule has 0 aromatic heterocycles. The highest BCUT2D eigenvalue weighted by molar-refractivity contribution is 5.40. The topological polar surface area (TPSA) is 56.5 Å². The average molecular weight is 238 g/mol. The fraction of sp³-hybridized carbons (Fsp3) is 0.538. The van der Waals surface area contributed by atoms with Crippen LogP contribution in [-0.2, 0) is 6.54 Å². The number of methoxy groups -OCH3 is 2. The quantitative estimate of drug-likeness (QED) is 0.707. The first-order valence-corrected chi connectivity index (χ1v) is 5.84. The van der Waals surface area contributed by atoms with Crippen molar-refractivity contribution in [3.63, 3.8) is 0 Å². The van der Waals surface area contributed by atoms with E-state index in [1.54, 1.807) is 14.2 Å². The van der Waals surface area contributed by atoms with Crippen LogP contribution in [0.4, 0.5) is 0 Å². The van der Waals surface area contributed by atoms with E-state index in [9.17, 15) is 0 Å². The Morgan fingerprint density at radius 2 is 2.06 bits per heavy atom. The lowest BCUT2D eigenvalue weighted by Gasteiger charge is -2.11. The minimum atomic E-state index is 0.236. The maximum absolute atomic E-state index is 5.68. The second kappa shape index (κ2) is 7.14. The van der Waals surface area contributed by atoms with Crippen molar-refractivity contribution in [3.05, 3.63) is 23.8 Å². The van der Waals surface area contributed by atoms with E-state index in [-0.39, 0.29) is 6.04 Å². The summed E-state index contributed by atoms with van der Waals surface area (Å²) in [6.07, 6.45) is 0.971. The van der Waals surface area contributed by atoms with E-state index in [2.05, 4.69) is 5.32 Å². The van der Waals surface area contributed by atoms with Crippen LogP contribution in [0.3, 0.4) is 0 Å². The van der Waals surface area contributed by atoms with Crippen molar-refractivity contribution >= 4 is 0 Å². The number of hydrogen-bond acceptors (Lipinski definition) is 4. The summed E-state index contributed by atoms with van der Waals surface area (Å²) < 4.78 is 10.5. The van der Waals surface area contributed by atoms with Gasteiger partial charge in [0.2, 0.25) is 0 Å². The second-order valence-corrected chi connectivity index (χ2v) is 4.12. The van der Waals surface area contributed by atoms with Gasteiger partial charge in [-0.25, -0.2) is 0 Å². The van der Waals surface area contributed by atoms with Gasteiger partial charge in [0.25, 0.3) is 0 Å². The van der Waals surface area contributed by atoms with Crippen LogP contribution in [0.25, 0.3) is 0 Å². The summed E-state index contributed by atoms with van der Waals surface area (Å²) in [5.74, 6) is 1.65. The third kappa shape index (κ3) is 4.63. The Hall–Kier alpha value is -1.26. The Bertz CT molecular complexity index is 340.